The second-order valence-corrected chi connectivity index (χ2v) is 5.04. The summed E-state index contributed by atoms with van der Waals surface area (Å²) in [6, 6.07) is 7.00. The number of benzene rings is 1. The number of rotatable bonds is 3. The molecule has 1 fully saturated rings. The van der Waals surface area contributed by atoms with Crippen LogP contribution in [0.3, 0.4) is 0 Å². The highest BCUT2D eigenvalue weighted by Gasteiger charge is 2.20. The average molecular weight is 233 g/mol. The topological polar surface area (TPSA) is 30.5 Å². The molecule has 2 aliphatic rings. The summed E-state index contributed by atoms with van der Waals surface area (Å²) in [4.78, 5) is 0. The van der Waals surface area contributed by atoms with E-state index in [2.05, 4.69) is 24.4 Å². The maximum Gasteiger partial charge on any atom is 0.231 e. The Kier molecular flexibility index (Phi) is 2.93. The Balaban J connectivity index is 1.70. The lowest BCUT2D eigenvalue weighted by molar-refractivity contribution is 0.174. The molecule has 2 atom stereocenters. The van der Waals surface area contributed by atoms with Crippen LogP contribution in [0.2, 0.25) is 0 Å². The van der Waals surface area contributed by atoms with Gasteiger partial charge < -0.3 is 14.8 Å². The lowest BCUT2D eigenvalue weighted by atomic mass is 9.93. The standard InChI is InChI=1S/C14H19NO2/c1-10(7-12-3-2-6-15-12)11-4-5-13-14(8-11)17-9-16-13/h4-5,8,10,12,15H,2-3,6-7,9H2,1H3. The van der Waals surface area contributed by atoms with E-state index in [0.29, 0.717) is 18.8 Å². The molecule has 92 valence electrons. The van der Waals surface area contributed by atoms with E-state index in [1.807, 2.05) is 6.07 Å². The molecule has 0 bridgehead atoms. The fourth-order valence-electron chi connectivity index (χ4n) is 2.74. The van der Waals surface area contributed by atoms with Gasteiger partial charge in [-0.25, -0.2) is 0 Å². The lowest BCUT2D eigenvalue weighted by Gasteiger charge is -2.17. The summed E-state index contributed by atoms with van der Waals surface area (Å²) in [5.41, 5.74) is 1.35. The second-order valence-electron chi connectivity index (χ2n) is 5.04. The van der Waals surface area contributed by atoms with Gasteiger partial charge >= 0.3 is 0 Å². The van der Waals surface area contributed by atoms with E-state index in [4.69, 9.17) is 9.47 Å². The molecule has 2 aliphatic heterocycles. The number of ether oxygens (including phenoxy) is 2. The molecule has 17 heavy (non-hydrogen) atoms. The third-order valence-corrected chi connectivity index (χ3v) is 3.77. The molecule has 1 saturated heterocycles. The predicted octanol–water partition coefficient (Wildman–Crippen LogP) is 2.66. The first-order valence-corrected chi connectivity index (χ1v) is 6.46. The molecule has 0 aliphatic carbocycles. The molecule has 3 rings (SSSR count). The zero-order valence-corrected chi connectivity index (χ0v) is 10.2. The molecule has 2 unspecified atom stereocenters. The van der Waals surface area contributed by atoms with Crippen LogP contribution >= 0.6 is 0 Å². The van der Waals surface area contributed by atoms with Crippen LogP contribution in [0.15, 0.2) is 18.2 Å². The van der Waals surface area contributed by atoms with Crippen LogP contribution in [0.1, 0.15) is 37.7 Å². The normalized spacial score (nSPS) is 23.9. The summed E-state index contributed by atoms with van der Waals surface area (Å²) < 4.78 is 10.8. The molecular weight excluding hydrogens is 214 g/mol. The van der Waals surface area contributed by atoms with Gasteiger partial charge in [0.05, 0.1) is 0 Å². The Labute approximate surface area is 102 Å². The van der Waals surface area contributed by atoms with Crippen LogP contribution in [0.4, 0.5) is 0 Å². The van der Waals surface area contributed by atoms with Gasteiger partial charge in [-0.3, -0.25) is 0 Å². The van der Waals surface area contributed by atoms with E-state index < -0.39 is 0 Å². The second kappa shape index (κ2) is 4.57. The molecule has 3 nitrogen and oxygen atoms in total. The Morgan fingerprint density at radius 2 is 2.24 bits per heavy atom. The summed E-state index contributed by atoms with van der Waals surface area (Å²) >= 11 is 0. The van der Waals surface area contributed by atoms with Gasteiger partial charge in [0.1, 0.15) is 0 Å². The third-order valence-electron chi connectivity index (χ3n) is 3.77. The highest BCUT2D eigenvalue weighted by atomic mass is 16.7. The summed E-state index contributed by atoms with van der Waals surface area (Å²) in [6.45, 7) is 3.83. The van der Waals surface area contributed by atoms with E-state index in [1.54, 1.807) is 0 Å². The van der Waals surface area contributed by atoms with Crippen LogP contribution in [-0.2, 0) is 0 Å². The molecule has 2 heterocycles. The van der Waals surface area contributed by atoms with E-state index in [-0.39, 0.29) is 0 Å². The average Bonchev–Trinajstić information content (AvgIpc) is 2.97. The Morgan fingerprint density at radius 3 is 3.06 bits per heavy atom. The van der Waals surface area contributed by atoms with Gasteiger partial charge in [0.25, 0.3) is 0 Å². The van der Waals surface area contributed by atoms with Crippen LogP contribution in [0.25, 0.3) is 0 Å². The number of hydrogen-bond acceptors (Lipinski definition) is 3. The monoisotopic (exact) mass is 233 g/mol. The SMILES string of the molecule is CC(CC1CCCN1)c1ccc2c(c1)OCO2. The number of hydrogen-bond donors (Lipinski definition) is 1. The van der Waals surface area contributed by atoms with E-state index in [1.165, 1.54) is 31.4 Å². The highest BCUT2D eigenvalue weighted by molar-refractivity contribution is 5.45. The molecule has 0 spiro atoms. The zero-order chi connectivity index (χ0) is 11.7. The fraction of sp³-hybridized carbons (Fsp3) is 0.571. The Bertz CT molecular complexity index is 399. The van der Waals surface area contributed by atoms with Gasteiger partial charge in [0.2, 0.25) is 6.79 Å². The van der Waals surface area contributed by atoms with Gasteiger partial charge in [-0.05, 0) is 49.4 Å². The molecule has 0 saturated carbocycles. The van der Waals surface area contributed by atoms with Gasteiger partial charge in [0, 0.05) is 6.04 Å². The number of nitrogens with one attached hydrogen (secondary N) is 1. The molecule has 1 aromatic carbocycles. The lowest BCUT2D eigenvalue weighted by Crippen LogP contribution is -2.23. The van der Waals surface area contributed by atoms with Crippen molar-refractivity contribution in [2.24, 2.45) is 0 Å². The number of fused-ring (bicyclic) bond motifs is 1. The molecule has 0 radical (unpaired) electrons. The maximum atomic E-state index is 5.42. The van der Waals surface area contributed by atoms with E-state index >= 15 is 0 Å². The fourth-order valence-corrected chi connectivity index (χ4v) is 2.74. The van der Waals surface area contributed by atoms with Crippen molar-refractivity contribution in [2.45, 2.75) is 38.1 Å². The van der Waals surface area contributed by atoms with Crippen LogP contribution in [-0.4, -0.2) is 19.4 Å². The van der Waals surface area contributed by atoms with Crippen LogP contribution in [0, 0.1) is 0 Å². The zero-order valence-electron chi connectivity index (χ0n) is 10.2. The van der Waals surface area contributed by atoms with Crippen molar-refractivity contribution < 1.29 is 9.47 Å². The Morgan fingerprint density at radius 1 is 1.35 bits per heavy atom. The minimum atomic E-state index is 0.358. The summed E-state index contributed by atoms with van der Waals surface area (Å²) in [7, 11) is 0. The molecule has 0 aromatic heterocycles. The molecular formula is C14H19NO2. The van der Waals surface area contributed by atoms with Crippen molar-refractivity contribution in [3.8, 4) is 11.5 Å². The largest absolute Gasteiger partial charge is 0.454 e. The maximum absolute atomic E-state index is 5.42. The van der Waals surface area contributed by atoms with Crippen molar-refractivity contribution in [3.05, 3.63) is 23.8 Å². The van der Waals surface area contributed by atoms with E-state index in [0.717, 1.165) is 11.5 Å². The molecule has 3 heteroatoms. The van der Waals surface area contributed by atoms with Gasteiger partial charge in [0.15, 0.2) is 11.5 Å². The summed E-state index contributed by atoms with van der Waals surface area (Å²) in [5.74, 6) is 2.34. The first-order valence-electron chi connectivity index (χ1n) is 6.46. The highest BCUT2D eigenvalue weighted by Crippen LogP contribution is 2.35. The van der Waals surface area contributed by atoms with Crippen molar-refractivity contribution in [3.63, 3.8) is 0 Å². The summed E-state index contributed by atoms with van der Waals surface area (Å²) in [5, 5.41) is 3.55. The van der Waals surface area contributed by atoms with Crippen LogP contribution < -0.4 is 14.8 Å². The minimum absolute atomic E-state index is 0.358. The van der Waals surface area contributed by atoms with Crippen molar-refractivity contribution in [1.82, 2.24) is 5.32 Å². The van der Waals surface area contributed by atoms with E-state index in [9.17, 15) is 0 Å². The van der Waals surface area contributed by atoms with Crippen LogP contribution in [0.5, 0.6) is 11.5 Å². The molecule has 1 aromatic rings. The quantitative estimate of drug-likeness (QED) is 0.870. The minimum Gasteiger partial charge on any atom is -0.454 e. The van der Waals surface area contributed by atoms with Crippen molar-refractivity contribution in [1.29, 1.82) is 0 Å². The van der Waals surface area contributed by atoms with Crippen molar-refractivity contribution in [2.75, 3.05) is 13.3 Å². The van der Waals surface area contributed by atoms with Gasteiger partial charge in [-0.2, -0.15) is 0 Å². The van der Waals surface area contributed by atoms with Crippen molar-refractivity contribution >= 4 is 0 Å². The molecule has 1 N–H and O–H groups in total. The summed E-state index contributed by atoms with van der Waals surface area (Å²) in [6.07, 6.45) is 3.84. The van der Waals surface area contributed by atoms with Gasteiger partial charge in [-0.1, -0.05) is 13.0 Å². The Hall–Kier alpha value is -1.22. The first-order chi connectivity index (χ1) is 8.33. The third kappa shape index (κ3) is 2.25. The predicted molar refractivity (Wildman–Crippen MR) is 66.6 cm³/mol. The smallest absolute Gasteiger partial charge is 0.231 e. The van der Waals surface area contributed by atoms with Gasteiger partial charge in [-0.15, -0.1) is 0 Å². The first kappa shape index (κ1) is 10.9. The molecule has 0 amide bonds.